The maximum atomic E-state index is 16.9. The molecule has 4 heterocycles. The van der Waals surface area contributed by atoms with E-state index in [1.165, 1.54) is 11.0 Å². The van der Waals surface area contributed by atoms with Gasteiger partial charge in [-0.2, -0.15) is 4.98 Å². The number of piperidine rings is 1. The van der Waals surface area contributed by atoms with Crippen LogP contribution in [0.3, 0.4) is 0 Å². The number of rotatable bonds is 11. The van der Waals surface area contributed by atoms with Crippen molar-refractivity contribution in [2.45, 2.75) is 38.1 Å². The van der Waals surface area contributed by atoms with Gasteiger partial charge in [-0.1, -0.05) is 48.0 Å². The maximum absolute atomic E-state index is 16.9. The molecule has 1 aromatic heterocycles. The largest absolute Gasteiger partial charge is 0.508 e. The molecule has 3 aliphatic heterocycles. The lowest BCUT2D eigenvalue weighted by atomic mass is 9.96. The third kappa shape index (κ3) is 7.83. The molecule has 0 saturated carbocycles. The summed E-state index contributed by atoms with van der Waals surface area (Å²) in [6.45, 7) is 1.76. The Kier molecular flexibility index (Phi) is 11.2. The van der Waals surface area contributed by atoms with Crippen LogP contribution in [0.1, 0.15) is 52.0 Å². The molecule has 0 radical (unpaired) electrons. The number of phenols is 1. The molecule has 314 valence electrons. The number of fused-ring (bicyclic) bond motifs is 3. The van der Waals surface area contributed by atoms with Crippen molar-refractivity contribution in [3.63, 3.8) is 0 Å². The van der Waals surface area contributed by atoms with Crippen molar-refractivity contribution in [2.75, 3.05) is 56.5 Å². The number of carbonyl (C=O) groups excluding carboxylic acids is 6. The zero-order chi connectivity index (χ0) is 43.1. The zero-order valence-electron chi connectivity index (χ0n) is 33.0. The van der Waals surface area contributed by atoms with E-state index in [0.717, 1.165) is 4.90 Å². The van der Waals surface area contributed by atoms with Crippen LogP contribution in [0.25, 0.3) is 32.8 Å². The Labute approximate surface area is 353 Å². The highest BCUT2D eigenvalue weighted by atomic mass is 35.5. The Bertz CT molecular complexity index is 2670. The number of carbonyl (C=O) groups is 6. The van der Waals surface area contributed by atoms with E-state index in [4.69, 9.17) is 22.3 Å². The zero-order valence-corrected chi connectivity index (χ0v) is 33.8. The van der Waals surface area contributed by atoms with Crippen LogP contribution in [0.2, 0.25) is 5.02 Å². The van der Waals surface area contributed by atoms with E-state index in [9.17, 15) is 33.9 Å². The lowest BCUT2D eigenvalue weighted by Gasteiger charge is -2.35. The third-order valence-electron chi connectivity index (χ3n) is 11.4. The number of nitrogens with zero attached hydrogens (tertiary/aromatic N) is 6. The molecule has 5 aromatic rings. The number of nitrogens with two attached hydrogens (primary N) is 1. The monoisotopic (exact) mass is 849 g/mol. The Morgan fingerprint density at radius 2 is 1.74 bits per heavy atom. The van der Waals surface area contributed by atoms with Gasteiger partial charge in [-0.05, 0) is 65.4 Å². The number of halogens is 2. The minimum atomic E-state index is -1.07. The molecule has 3 aliphatic rings. The molecule has 1 unspecified atom stereocenters. The molecule has 61 heavy (non-hydrogen) atoms. The summed E-state index contributed by atoms with van der Waals surface area (Å²) in [6.07, 6.45) is 0.947. The van der Waals surface area contributed by atoms with Crippen molar-refractivity contribution in [2.24, 2.45) is 5.73 Å². The van der Waals surface area contributed by atoms with Gasteiger partial charge in [-0.25, -0.2) is 14.2 Å². The highest BCUT2D eigenvalue weighted by molar-refractivity contribution is 6.35. The Balaban J connectivity index is 0.971. The minimum Gasteiger partial charge on any atom is -0.508 e. The number of aromatic nitrogens is 2. The van der Waals surface area contributed by atoms with Gasteiger partial charge in [0, 0.05) is 70.1 Å². The average Bonchev–Trinajstić information content (AvgIpc) is 3.49. The molecule has 0 spiro atoms. The molecular formula is C43H41ClFN9O7. The van der Waals surface area contributed by atoms with Gasteiger partial charge >= 0.3 is 6.03 Å². The van der Waals surface area contributed by atoms with Crippen molar-refractivity contribution in [3.8, 4) is 16.9 Å². The van der Waals surface area contributed by atoms with Gasteiger partial charge in [0.1, 0.15) is 23.1 Å². The second-order valence-electron chi connectivity index (χ2n) is 15.2. The summed E-state index contributed by atoms with van der Waals surface area (Å²) in [6, 6.07) is 15.2. The fourth-order valence-corrected chi connectivity index (χ4v) is 8.58. The number of aryl methyl sites for hydroxylation is 1. The van der Waals surface area contributed by atoms with Gasteiger partial charge in [0.15, 0.2) is 5.82 Å². The number of hydrogen-bond acceptors (Lipinski definition) is 11. The highest BCUT2D eigenvalue weighted by Crippen LogP contribution is 2.42. The summed E-state index contributed by atoms with van der Waals surface area (Å²) < 4.78 is 16.9. The molecule has 2 fully saturated rings. The molecule has 7 amide bonds. The Hall–Kier alpha value is -6.88. The number of primary amides is 1. The number of imide groups is 2. The van der Waals surface area contributed by atoms with Crippen LogP contribution in [-0.4, -0.2) is 118 Å². The van der Waals surface area contributed by atoms with Gasteiger partial charge < -0.3 is 30.9 Å². The number of piperazine rings is 1. The van der Waals surface area contributed by atoms with E-state index in [-0.39, 0.29) is 70.6 Å². The molecule has 18 heteroatoms. The van der Waals surface area contributed by atoms with Gasteiger partial charge in [-0.15, -0.1) is 0 Å². The second-order valence-corrected chi connectivity index (χ2v) is 15.6. The smallest absolute Gasteiger partial charge is 0.314 e. The van der Waals surface area contributed by atoms with Crippen LogP contribution in [0, 0.1) is 5.82 Å². The Morgan fingerprint density at radius 3 is 2.49 bits per heavy atom. The van der Waals surface area contributed by atoms with Crippen molar-refractivity contribution in [3.05, 3.63) is 88.2 Å². The van der Waals surface area contributed by atoms with Crippen molar-refractivity contribution >= 4 is 80.6 Å². The van der Waals surface area contributed by atoms with E-state index >= 15 is 4.39 Å². The molecule has 16 nitrogen and oxygen atoms in total. The van der Waals surface area contributed by atoms with E-state index in [0.29, 0.717) is 78.7 Å². The van der Waals surface area contributed by atoms with Gasteiger partial charge in [0.25, 0.3) is 11.8 Å². The molecule has 8 rings (SSSR count). The summed E-state index contributed by atoms with van der Waals surface area (Å²) in [5.74, 6) is -2.86. The van der Waals surface area contributed by atoms with Crippen LogP contribution in [-0.2, 0) is 20.8 Å². The fourth-order valence-electron chi connectivity index (χ4n) is 8.28. The highest BCUT2D eigenvalue weighted by Gasteiger charge is 2.45. The first kappa shape index (κ1) is 40.9. The fraction of sp³-hybridized carbons (Fsp3) is 0.302. The molecule has 4 aromatic carbocycles. The quantitative estimate of drug-likeness (QED) is 0.137. The standard InChI is InChI=1S/C43H41ClFN9O7/c1-51(15-5-8-23-7-4-10-27-34(23)41(60)54(40(27)59)31-11-12-32(56)48-39(31)58)33(57)13-14-47-43-49-37-29(38(50-43)52-16-18-53(19-17-52)42(46)61)22-30(44)35(36(37)45)28-21-25(55)20-24-6-2-3-9-26(24)28/h2-4,6-7,9-10,20-22,31,55H,5,8,11-19H2,1H3,(H2,46,61)(H,47,49,50)(H,48,56,58). The predicted octanol–water partition coefficient (Wildman–Crippen LogP) is 4.44. The molecule has 5 N–H and O–H groups in total. The summed E-state index contributed by atoms with van der Waals surface area (Å²) in [7, 11) is 1.65. The van der Waals surface area contributed by atoms with Crippen molar-refractivity contribution in [1.29, 1.82) is 0 Å². The summed E-state index contributed by atoms with van der Waals surface area (Å²) in [5, 5.41) is 17.6. The van der Waals surface area contributed by atoms with Crippen LogP contribution in [0.4, 0.5) is 21.0 Å². The van der Waals surface area contributed by atoms with Gasteiger partial charge in [-0.3, -0.25) is 34.2 Å². The van der Waals surface area contributed by atoms with Crippen LogP contribution in [0.5, 0.6) is 5.75 Å². The minimum absolute atomic E-state index is 0.0220. The molecule has 0 aliphatic carbocycles. The number of phenolic OH excluding ortho intramolecular Hbond substituents is 1. The van der Waals surface area contributed by atoms with E-state index in [2.05, 4.69) is 15.6 Å². The lowest BCUT2D eigenvalue weighted by molar-refractivity contribution is -0.136. The number of nitrogens with one attached hydrogen (secondary N) is 2. The number of anilines is 2. The summed E-state index contributed by atoms with van der Waals surface area (Å²) in [4.78, 5) is 91.2. The first-order valence-corrected chi connectivity index (χ1v) is 20.2. The molecular weight excluding hydrogens is 809 g/mol. The topological polar surface area (TPSA) is 211 Å². The normalized spacial score (nSPS) is 16.6. The summed E-state index contributed by atoms with van der Waals surface area (Å²) in [5.41, 5.74) is 6.95. The third-order valence-corrected chi connectivity index (χ3v) is 11.7. The van der Waals surface area contributed by atoms with Crippen LogP contribution in [0.15, 0.2) is 60.7 Å². The van der Waals surface area contributed by atoms with Crippen LogP contribution < -0.4 is 21.3 Å². The molecule has 1 atom stereocenters. The van der Waals surface area contributed by atoms with Crippen LogP contribution >= 0.6 is 11.6 Å². The van der Waals surface area contributed by atoms with Crippen molar-refractivity contribution < 1.29 is 38.3 Å². The first-order chi connectivity index (χ1) is 29.3. The molecule has 2 saturated heterocycles. The second kappa shape index (κ2) is 16.6. The van der Waals surface area contributed by atoms with E-state index in [1.807, 2.05) is 23.1 Å². The first-order valence-electron chi connectivity index (χ1n) is 19.8. The molecule has 0 bridgehead atoms. The predicted molar refractivity (Wildman–Crippen MR) is 225 cm³/mol. The van der Waals surface area contributed by atoms with E-state index in [1.54, 1.807) is 48.3 Å². The number of urea groups is 1. The number of amides is 7. The summed E-state index contributed by atoms with van der Waals surface area (Å²) >= 11 is 6.84. The number of aromatic hydroxyl groups is 1. The lowest BCUT2D eigenvalue weighted by Crippen LogP contribution is -2.54. The van der Waals surface area contributed by atoms with Gasteiger partial charge in [0.2, 0.25) is 23.7 Å². The van der Waals surface area contributed by atoms with Gasteiger partial charge in [0.05, 0.1) is 16.1 Å². The average molecular weight is 850 g/mol. The Morgan fingerprint density at radius 1 is 0.967 bits per heavy atom. The number of benzene rings is 4. The maximum Gasteiger partial charge on any atom is 0.314 e. The van der Waals surface area contributed by atoms with Crippen molar-refractivity contribution in [1.82, 2.24) is 30.0 Å². The van der Waals surface area contributed by atoms with E-state index < -0.39 is 41.5 Å². The SMILES string of the molecule is CN(CCCc1cccc2c1C(=O)N(C1CCC(=O)NC1=O)C2=O)C(=O)CCNc1nc(N2CCN(C(N)=O)CC2)c2cc(Cl)c(-c3cc(O)cc4ccccc34)c(F)c2n1. The number of hydrogen-bond donors (Lipinski definition) is 4.